The molecule has 0 N–H and O–H groups in total. The van der Waals surface area contributed by atoms with Crippen LogP contribution in [0, 0.1) is 11.3 Å². The third kappa shape index (κ3) is 3.24. The second-order valence-electron chi connectivity index (χ2n) is 7.44. The zero-order valence-electron chi connectivity index (χ0n) is 16.2. The molecule has 5 aromatic carbocycles. The van der Waals surface area contributed by atoms with E-state index < -0.39 is 0 Å². The van der Waals surface area contributed by atoms with Crippen molar-refractivity contribution in [2.75, 3.05) is 6.26 Å². The lowest BCUT2D eigenvalue weighted by atomic mass is 10.00. The quantitative estimate of drug-likeness (QED) is 0.245. The van der Waals surface area contributed by atoms with Crippen molar-refractivity contribution in [2.24, 2.45) is 0 Å². The molecule has 1 atom stereocenters. The van der Waals surface area contributed by atoms with Crippen molar-refractivity contribution >= 4 is 43.2 Å². The molecule has 0 spiro atoms. The summed E-state index contributed by atoms with van der Waals surface area (Å²) in [5, 5.41) is 16.9. The molecule has 29 heavy (non-hydrogen) atoms. The summed E-state index contributed by atoms with van der Waals surface area (Å²) in [4.78, 5) is 1.44. The monoisotopic (exact) mass is 390 g/mol. The van der Waals surface area contributed by atoms with Gasteiger partial charge >= 0.3 is 0 Å². The van der Waals surface area contributed by atoms with E-state index in [0.717, 1.165) is 5.75 Å². The third-order valence-electron chi connectivity index (χ3n) is 5.49. The van der Waals surface area contributed by atoms with Gasteiger partial charge in [0.15, 0.2) is 4.90 Å². The number of nitrogens with zero attached hydrogens (tertiary/aromatic N) is 1. The number of nitriles is 1. The predicted octanol–water partition coefficient (Wildman–Crippen LogP) is 6.83. The van der Waals surface area contributed by atoms with Crippen LogP contribution in [0.25, 0.3) is 32.3 Å². The van der Waals surface area contributed by atoms with Gasteiger partial charge < -0.3 is 0 Å². The van der Waals surface area contributed by atoms with Crippen LogP contribution in [-0.2, 0) is 16.6 Å². The van der Waals surface area contributed by atoms with Gasteiger partial charge in [-0.3, -0.25) is 0 Å². The second kappa shape index (κ2) is 7.28. The standard InChI is InChI=1S/C27H20NS/c1-29(18-20-12-10-19(17-28)11-13-20)27-25-9-5-4-8-23(25)15-24-14-21-6-2-3-7-22(21)16-26(24)27/h2-16H,18H2,1H3/q+1. The van der Waals surface area contributed by atoms with E-state index in [1.165, 1.54) is 42.8 Å². The fourth-order valence-electron chi connectivity index (χ4n) is 4.09. The lowest BCUT2D eigenvalue weighted by molar-refractivity contribution is 1.37. The molecular formula is C27H20NS+. The average molecular weight is 391 g/mol. The summed E-state index contributed by atoms with van der Waals surface area (Å²) in [6.45, 7) is 0. The largest absolute Gasteiger partial charge is 0.192 e. The van der Waals surface area contributed by atoms with Crippen LogP contribution in [0.3, 0.4) is 0 Å². The highest BCUT2D eigenvalue weighted by atomic mass is 32.2. The van der Waals surface area contributed by atoms with Crippen molar-refractivity contribution in [3.05, 3.63) is 102 Å². The van der Waals surface area contributed by atoms with Crippen LogP contribution >= 0.6 is 0 Å². The van der Waals surface area contributed by atoms with Gasteiger partial charge in [0.2, 0.25) is 0 Å². The Morgan fingerprint density at radius 2 is 1.31 bits per heavy atom. The van der Waals surface area contributed by atoms with Crippen molar-refractivity contribution in [3.63, 3.8) is 0 Å². The molecular weight excluding hydrogens is 370 g/mol. The van der Waals surface area contributed by atoms with E-state index in [0.29, 0.717) is 5.56 Å². The topological polar surface area (TPSA) is 23.8 Å². The van der Waals surface area contributed by atoms with Gasteiger partial charge in [-0.1, -0.05) is 54.6 Å². The van der Waals surface area contributed by atoms with Gasteiger partial charge in [-0.25, -0.2) is 0 Å². The Morgan fingerprint density at radius 1 is 0.690 bits per heavy atom. The van der Waals surface area contributed by atoms with Gasteiger partial charge in [-0.2, -0.15) is 5.26 Å². The summed E-state index contributed by atoms with van der Waals surface area (Å²) < 4.78 is 0. The Bertz CT molecular complexity index is 1390. The molecule has 1 unspecified atom stereocenters. The fourth-order valence-corrected chi connectivity index (χ4v) is 6.04. The Labute approximate surface area is 173 Å². The highest BCUT2D eigenvalue weighted by Crippen LogP contribution is 2.36. The van der Waals surface area contributed by atoms with E-state index in [-0.39, 0.29) is 10.9 Å². The minimum absolute atomic E-state index is 0.0321. The third-order valence-corrected chi connectivity index (χ3v) is 7.40. The average Bonchev–Trinajstić information content (AvgIpc) is 2.76. The van der Waals surface area contributed by atoms with Crippen LogP contribution in [-0.4, -0.2) is 6.26 Å². The summed E-state index contributed by atoms with van der Waals surface area (Å²) in [6, 6.07) is 34.5. The van der Waals surface area contributed by atoms with E-state index in [1.807, 2.05) is 12.1 Å². The minimum Gasteiger partial charge on any atom is -0.192 e. The number of benzene rings is 5. The first-order chi connectivity index (χ1) is 14.2. The van der Waals surface area contributed by atoms with Crippen LogP contribution in [0.5, 0.6) is 0 Å². The van der Waals surface area contributed by atoms with Crippen molar-refractivity contribution in [2.45, 2.75) is 10.6 Å². The fraction of sp³-hybridized carbons (Fsp3) is 0.0741. The van der Waals surface area contributed by atoms with E-state index in [1.54, 1.807) is 0 Å². The second-order valence-corrected chi connectivity index (χ2v) is 9.41. The Morgan fingerprint density at radius 3 is 2.03 bits per heavy atom. The Kier molecular flexibility index (Phi) is 4.46. The van der Waals surface area contributed by atoms with Crippen molar-refractivity contribution < 1.29 is 0 Å². The number of hydrogen-bond acceptors (Lipinski definition) is 1. The summed E-state index contributed by atoms with van der Waals surface area (Å²) in [7, 11) is 0.0321. The molecule has 0 bridgehead atoms. The molecule has 0 amide bonds. The molecule has 5 rings (SSSR count). The van der Waals surface area contributed by atoms with E-state index in [9.17, 15) is 0 Å². The molecule has 0 aliphatic rings. The summed E-state index contributed by atoms with van der Waals surface area (Å²) in [5.74, 6) is 0.974. The van der Waals surface area contributed by atoms with Gasteiger partial charge in [-0.15, -0.1) is 0 Å². The SMILES string of the molecule is C[S+](Cc1ccc(C#N)cc1)c1c2ccccc2cc2cc3ccccc3cc12. The Hall–Kier alpha value is -3.28. The normalized spacial score (nSPS) is 12.3. The predicted molar refractivity (Wildman–Crippen MR) is 125 cm³/mol. The molecule has 0 radical (unpaired) electrons. The first-order valence-electron chi connectivity index (χ1n) is 9.69. The Balaban J connectivity index is 1.72. The first kappa shape index (κ1) is 17.8. The molecule has 0 aliphatic heterocycles. The van der Waals surface area contributed by atoms with Crippen LogP contribution in [0.2, 0.25) is 0 Å². The van der Waals surface area contributed by atoms with Gasteiger partial charge in [0.25, 0.3) is 0 Å². The molecule has 0 saturated heterocycles. The lowest BCUT2D eigenvalue weighted by Gasteiger charge is -2.12. The first-order valence-corrected chi connectivity index (χ1v) is 11.5. The molecule has 0 aromatic heterocycles. The minimum atomic E-state index is 0.0321. The molecule has 0 saturated carbocycles. The molecule has 1 nitrogen and oxygen atoms in total. The molecule has 0 aliphatic carbocycles. The van der Waals surface area contributed by atoms with Gasteiger partial charge in [0.1, 0.15) is 12.0 Å². The number of fused-ring (bicyclic) bond motifs is 3. The van der Waals surface area contributed by atoms with E-state index in [4.69, 9.17) is 5.26 Å². The van der Waals surface area contributed by atoms with Gasteiger partial charge in [0.05, 0.1) is 11.6 Å². The highest BCUT2D eigenvalue weighted by molar-refractivity contribution is 7.95. The smallest absolute Gasteiger partial charge is 0.170 e. The van der Waals surface area contributed by atoms with Crippen molar-refractivity contribution in [1.82, 2.24) is 0 Å². The maximum atomic E-state index is 9.06. The van der Waals surface area contributed by atoms with Gasteiger partial charge in [0, 0.05) is 27.2 Å². The maximum Gasteiger partial charge on any atom is 0.170 e. The zero-order valence-corrected chi connectivity index (χ0v) is 17.0. The van der Waals surface area contributed by atoms with E-state index in [2.05, 4.69) is 91.2 Å². The van der Waals surface area contributed by atoms with E-state index >= 15 is 0 Å². The lowest BCUT2D eigenvalue weighted by Crippen LogP contribution is -2.06. The summed E-state index contributed by atoms with van der Waals surface area (Å²) >= 11 is 0. The molecule has 2 heteroatoms. The van der Waals surface area contributed by atoms with Crippen LogP contribution in [0.1, 0.15) is 11.1 Å². The van der Waals surface area contributed by atoms with Crippen LogP contribution in [0.4, 0.5) is 0 Å². The number of rotatable bonds is 3. The maximum absolute atomic E-state index is 9.06. The van der Waals surface area contributed by atoms with Crippen molar-refractivity contribution in [1.29, 1.82) is 5.26 Å². The molecule has 0 fully saturated rings. The van der Waals surface area contributed by atoms with Crippen LogP contribution < -0.4 is 0 Å². The highest BCUT2D eigenvalue weighted by Gasteiger charge is 2.23. The molecule has 5 aromatic rings. The summed E-state index contributed by atoms with van der Waals surface area (Å²) in [5.41, 5.74) is 1.99. The molecule has 0 heterocycles. The molecule has 138 valence electrons. The zero-order chi connectivity index (χ0) is 19.8. The van der Waals surface area contributed by atoms with Gasteiger partial charge in [-0.05, 0) is 57.9 Å². The van der Waals surface area contributed by atoms with Crippen LogP contribution in [0.15, 0.2) is 95.9 Å². The number of hydrogen-bond donors (Lipinski definition) is 0. The van der Waals surface area contributed by atoms with Crippen molar-refractivity contribution in [3.8, 4) is 6.07 Å². The summed E-state index contributed by atoms with van der Waals surface area (Å²) in [6.07, 6.45) is 2.34.